The fourth-order valence-electron chi connectivity index (χ4n) is 3.59. The highest BCUT2D eigenvalue weighted by Crippen LogP contribution is 2.37. The molecule has 2 atom stereocenters. The van der Waals surface area contributed by atoms with Crippen molar-refractivity contribution < 1.29 is 9.59 Å². The lowest BCUT2D eigenvalue weighted by Gasteiger charge is -2.37. The monoisotopic (exact) mass is 416 g/mol. The van der Waals surface area contributed by atoms with Gasteiger partial charge in [-0.15, -0.1) is 29.5 Å². The maximum atomic E-state index is 13.3. The van der Waals surface area contributed by atoms with Gasteiger partial charge in [0.15, 0.2) is 0 Å². The molecule has 1 aliphatic rings. The SMILES string of the molecule is C=CCN(CC(=O)N1CCc2sccc2[C@@H]1c1ccc(C)cc1)C(=O)[C@@H](C)Cl. The van der Waals surface area contributed by atoms with Crippen molar-refractivity contribution in [2.45, 2.75) is 31.7 Å². The third-order valence-corrected chi connectivity index (χ3v) is 6.19. The van der Waals surface area contributed by atoms with Crippen LogP contribution >= 0.6 is 22.9 Å². The van der Waals surface area contributed by atoms with E-state index >= 15 is 0 Å². The molecule has 4 nitrogen and oxygen atoms in total. The number of benzene rings is 1. The van der Waals surface area contributed by atoms with Crippen LogP contribution in [0.1, 0.15) is 34.5 Å². The van der Waals surface area contributed by atoms with E-state index in [2.05, 4.69) is 49.2 Å². The summed E-state index contributed by atoms with van der Waals surface area (Å²) in [5, 5.41) is 1.41. The Morgan fingerprint density at radius 1 is 1.36 bits per heavy atom. The molecule has 1 aromatic heterocycles. The third-order valence-electron chi connectivity index (χ3n) is 5.01. The average Bonchev–Trinajstić information content (AvgIpc) is 3.15. The van der Waals surface area contributed by atoms with Crippen LogP contribution in [0.4, 0.5) is 0 Å². The number of halogens is 1. The van der Waals surface area contributed by atoms with Crippen molar-refractivity contribution in [1.29, 1.82) is 0 Å². The van der Waals surface area contributed by atoms with Crippen molar-refractivity contribution in [3.8, 4) is 0 Å². The normalized spacial score (nSPS) is 17.0. The Morgan fingerprint density at radius 3 is 2.71 bits per heavy atom. The average molecular weight is 417 g/mol. The lowest BCUT2D eigenvalue weighted by atomic mass is 9.92. The van der Waals surface area contributed by atoms with E-state index in [1.54, 1.807) is 24.3 Å². The number of aryl methyl sites for hydroxylation is 1. The molecule has 0 fully saturated rings. The molecule has 6 heteroatoms. The Labute approximate surface area is 175 Å². The van der Waals surface area contributed by atoms with E-state index in [4.69, 9.17) is 11.6 Å². The number of hydrogen-bond acceptors (Lipinski definition) is 3. The zero-order valence-corrected chi connectivity index (χ0v) is 17.8. The molecule has 28 heavy (non-hydrogen) atoms. The van der Waals surface area contributed by atoms with Crippen LogP contribution in [0.5, 0.6) is 0 Å². The van der Waals surface area contributed by atoms with Crippen LogP contribution in [-0.2, 0) is 16.0 Å². The summed E-state index contributed by atoms with van der Waals surface area (Å²) in [4.78, 5) is 30.3. The van der Waals surface area contributed by atoms with E-state index in [1.165, 1.54) is 20.9 Å². The first-order valence-electron chi connectivity index (χ1n) is 9.38. The van der Waals surface area contributed by atoms with Crippen molar-refractivity contribution in [3.63, 3.8) is 0 Å². The van der Waals surface area contributed by atoms with Crippen molar-refractivity contribution in [2.75, 3.05) is 19.6 Å². The molecular formula is C22H25ClN2O2S. The molecule has 148 valence electrons. The van der Waals surface area contributed by atoms with Gasteiger partial charge in [0.05, 0.1) is 6.04 Å². The molecular weight excluding hydrogens is 392 g/mol. The Balaban J connectivity index is 1.90. The summed E-state index contributed by atoms with van der Waals surface area (Å²) in [6.07, 6.45) is 2.46. The molecule has 0 aliphatic carbocycles. The summed E-state index contributed by atoms with van der Waals surface area (Å²) in [5.41, 5.74) is 3.45. The van der Waals surface area contributed by atoms with Crippen LogP contribution in [0.25, 0.3) is 0 Å². The molecule has 2 aromatic rings. The number of hydrogen-bond donors (Lipinski definition) is 0. The molecule has 0 radical (unpaired) electrons. The Hall–Kier alpha value is -2.11. The van der Waals surface area contributed by atoms with E-state index in [0.717, 1.165) is 12.0 Å². The van der Waals surface area contributed by atoms with E-state index in [1.807, 2.05) is 4.90 Å². The fourth-order valence-corrected chi connectivity index (χ4v) is 4.63. The number of fused-ring (bicyclic) bond motifs is 1. The van der Waals surface area contributed by atoms with Gasteiger partial charge in [-0.1, -0.05) is 35.9 Å². The third kappa shape index (κ3) is 4.31. The van der Waals surface area contributed by atoms with E-state index in [9.17, 15) is 9.59 Å². The van der Waals surface area contributed by atoms with Crippen LogP contribution in [0.2, 0.25) is 0 Å². The Morgan fingerprint density at radius 2 is 2.07 bits per heavy atom. The van der Waals surface area contributed by atoms with Crippen molar-refractivity contribution in [2.24, 2.45) is 0 Å². The zero-order chi connectivity index (χ0) is 20.3. The molecule has 0 saturated heterocycles. The summed E-state index contributed by atoms with van der Waals surface area (Å²) < 4.78 is 0. The zero-order valence-electron chi connectivity index (χ0n) is 16.2. The predicted octanol–water partition coefficient (Wildman–Crippen LogP) is 4.17. The van der Waals surface area contributed by atoms with Crippen LogP contribution < -0.4 is 0 Å². The second kappa shape index (κ2) is 8.93. The molecule has 0 saturated carbocycles. The van der Waals surface area contributed by atoms with E-state index in [-0.39, 0.29) is 24.4 Å². The highest BCUT2D eigenvalue weighted by molar-refractivity contribution is 7.10. The first-order chi connectivity index (χ1) is 13.4. The molecule has 2 heterocycles. The van der Waals surface area contributed by atoms with Gasteiger partial charge in [0.2, 0.25) is 11.8 Å². The van der Waals surface area contributed by atoms with Gasteiger partial charge in [0.1, 0.15) is 11.9 Å². The number of rotatable bonds is 6. The molecule has 0 spiro atoms. The number of carbonyl (C=O) groups is 2. The standard InChI is InChI=1S/C22H25ClN2O2S/c1-4-11-24(22(27)16(3)23)14-20(26)25-12-9-19-18(10-13-28-19)21(25)17-7-5-15(2)6-8-17/h4-8,10,13,16,21H,1,9,11-12,14H2,2-3H3/t16-,21+/m1/s1. The van der Waals surface area contributed by atoms with Crippen LogP contribution in [0, 0.1) is 6.92 Å². The number of carbonyl (C=O) groups excluding carboxylic acids is 2. The molecule has 0 unspecified atom stereocenters. The first-order valence-corrected chi connectivity index (χ1v) is 10.7. The maximum absolute atomic E-state index is 13.3. The van der Waals surface area contributed by atoms with Gasteiger partial charge < -0.3 is 9.80 Å². The van der Waals surface area contributed by atoms with Crippen LogP contribution in [0.3, 0.4) is 0 Å². The number of amides is 2. The number of thiophene rings is 1. The Kier molecular flexibility index (Phi) is 6.57. The Bertz CT molecular complexity index is 860. The van der Waals surface area contributed by atoms with Crippen LogP contribution in [-0.4, -0.2) is 46.6 Å². The molecule has 2 amide bonds. The predicted molar refractivity (Wildman–Crippen MR) is 115 cm³/mol. The van der Waals surface area contributed by atoms with Gasteiger partial charge in [-0.3, -0.25) is 9.59 Å². The molecule has 3 rings (SSSR count). The quantitative estimate of drug-likeness (QED) is 0.523. The molecule has 1 aromatic carbocycles. The largest absolute Gasteiger partial charge is 0.330 e. The smallest absolute Gasteiger partial charge is 0.243 e. The molecule has 1 aliphatic heterocycles. The van der Waals surface area contributed by atoms with Gasteiger partial charge >= 0.3 is 0 Å². The highest BCUT2D eigenvalue weighted by atomic mass is 35.5. The summed E-state index contributed by atoms with van der Waals surface area (Å²) in [6.45, 7) is 8.31. The number of alkyl halides is 1. The molecule has 0 bridgehead atoms. The topological polar surface area (TPSA) is 40.6 Å². The minimum Gasteiger partial charge on any atom is -0.330 e. The summed E-state index contributed by atoms with van der Waals surface area (Å²) in [7, 11) is 0. The lowest BCUT2D eigenvalue weighted by Crippen LogP contribution is -2.48. The summed E-state index contributed by atoms with van der Waals surface area (Å²) >= 11 is 7.71. The van der Waals surface area contributed by atoms with E-state index < -0.39 is 5.38 Å². The van der Waals surface area contributed by atoms with Gasteiger partial charge in [-0.25, -0.2) is 0 Å². The van der Waals surface area contributed by atoms with Crippen LogP contribution in [0.15, 0.2) is 48.4 Å². The lowest BCUT2D eigenvalue weighted by molar-refractivity contribution is -0.141. The fraction of sp³-hybridized carbons (Fsp3) is 0.364. The second-order valence-electron chi connectivity index (χ2n) is 7.07. The van der Waals surface area contributed by atoms with E-state index in [0.29, 0.717) is 13.1 Å². The van der Waals surface area contributed by atoms with Gasteiger partial charge in [0, 0.05) is 18.0 Å². The van der Waals surface area contributed by atoms with Crippen molar-refractivity contribution in [1.82, 2.24) is 9.80 Å². The minimum absolute atomic E-state index is 0.00372. The van der Waals surface area contributed by atoms with Gasteiger partial charge in [0.25, 0.3) is 0 Å². The second-order valence-corrected chi connectivity index (χ2v) is 8.73. The van der Waals surface area contributed by atoms with Crippen molar-refractivity contribution >= 4 is 34.8 Å². The summed E-state index contributed by atoms with van der Waals surface area (Å²) in [5.74, 6) is -0.329. The highest BCUT2D eigenvalue weighted by Gasteiger charge is 2.34. The first kappa shape index (κ1) is 20.6. The van der Waals surface area contributed by atoms with Gasteiger partial charge in [-0.2, -0.15) is 0 Å². The van der Waals surface area contributed by atoms with Gasteiger partial charge in [-0.05, 0) is 42.8 Å². The molecule has 0 N–H and O–H groups in total. The minimum atomic E-state index is -0.675. The number of nitrogens with zero attached hydrogens (tertiary/aromatic N) is 2. The maximum Gasteiger partial charge on any atom is 0.243 e. The van der Waals surface area contributed by atoms with Crippen molar-refractivity contribution in [3.05, 3.63) is 69.9 Å². The summed E-state index contributed by atoms with van der Waals surface area (Å²) in [6, 6.07) is 10.3.